The summed E-state index contributed by atoms with van der Waals surface area (Å²) in [6.45, 7) is 5.14. The molecule has 190 valence electrons. The van der Waals surface area contributed by atoms with Crippen LogP contribution in [0, 0.1) is 13.8 Å². The Morgan fingerprint density at radius 3 is 2.61 bits per heavy atom. The van der Waals surface area contributed by atoms with Crippen LogP contribution in [0.3, 0.4) is 0 Å². The first-order chi connectivity index (χ1) is 18.7. The molecule has 0 saturated carbocycles. The van der Waals surface area contributed by atoms with Gasteiger partial charge in [0, 0.05) is 17.1 Å². The third-order valence-electron chi connectivity index (χ3n) is 6.83. The Kier molecular flexibility index (Phi) is 6.54. The first-order valence-corrected chi connectivity index (χ1v) is 12.7. The Bertz CT molecular complexity index is 1680. The van der Waals surface area contributed by atoms with Crippen LogP contribution in [0.15, 0.2) is 90.4 Å². The summed E-state index contributed by atoms with van der Waals surface area (Å²) in [6.07, 6.45) is 5.07. The fraction of sp³-hybridized carbons (Fsp3) is 0.200. The lowest BCUT2D eigenvalue weighted by Crippen LogP contribution is -2.52. The molecule has 8 nitrogen and oxygen atoms in total. The number of nitrogens with zero attached hydrogens (tertiary/aromatic N) is 5. The van der Waals surface area contributed by atoms with Gasteiger partial charge < -0.3 is 19.9 Å². The molecular weight excluding hydrogens is 474 g/mol. The van der Waals surface area contributed by atoms with Crippen molar-refractivity contribution in [2.24, 2.45) is 4.99 Å². The molecule has 3 heterocycles. The zero-order chi connectivity index (χ0) is 25.9. The third kappa shape index (κ3) is 4.73. The fourth-order valence-corrected chi connectivity index (χ4v) is 4.84. The van der Waals surface area contributed by atoms with Crippen molar-refractivity contribution in [1.82, 2.24) is 19.9 Å². The van der Waals surface area contributed by atoms with E-state index >= 15 is 0 Å². The number of benzene rings is 3. The summed E-state index contributed by atoms with van der Waals surface area (Å²) in [5.74, 6) is 0.638. The molecule has 1 aliphatic rings. The molecule has 0 aliphatic carbocycles. The first-order valence-electron chi connectivity index (χ1n) is 12.7. The summed E-state index contributed by atoms with van der Waals surface area (Å²) in [7, 11) is 0. The van der Waals surface area contributed by atoms with Crippen LogP contribution in [0.25, 0.3) is 17.4 Å². The highest BCUT2D eigenvalue weighted by Crippen LogP contribution is 2.27. The number of para-hydroxylation sites is 1. The summed E-state index contributed by atoms with van der Waals surface area (Å²) >= 11 is 0. The van der Waals surface area contributed by atoms with Gasteiger partial charge in [-0.05, 0) is 42.7 Å². The lowest BCUT2D eigenvalue weighted by atomic mass is 10.1. The van der Waals surface area contributed by atoms with Crippen molar-refractivity contribution in [2.45, 2.75) is 32.7 Å². The van der Waals surface area contributed by atoms with Crippen molar-refractivity contribution >= 4 is 28.9 Å². The minimum absolute atomic E-state index is 0.252. The average Bonchev–Trinajstić information content (AvgIpc) is 3.43. The summed E-state index contributed by atoms with van der Waals surface area (Å²) in [6, 6.07) is 24.6. The molecule has 0 fully saturated rings. The van der Waals surface area contributed by atoms with Crippen molar-refractivity contribution < 1.29 is 4.74 Å². The Morgan fingerprint density at radius 1 is 0.921 bits per heavy atom. The second kappa shape index (κ2) is 10.4. The lowest BCUT2D eigenvalue weighted by Gasteiger charge is -2.37. The van der Waals surface area contributed by atoms with Gasteiger partial charge >= 0.3 is 0 Å². The first kappa shape index (κ1) is 23.8. The van der Waals surface area contributed by atoms with Gasteiger partial charge in [0.2, 0.25) is 0 Å². The fourth-order valence-electron chi connectivity index (χ4n) is 4.84. The molecule has 8 heteroatoms. The zero-order valence-corrected chi connectivity index (χ0v) is 21.4. The van der Waals surface area contributed by atoms with E-state index in [2.05, 4.69) is 105 Å². The van der Waals surface area contributed by atoms with E-state index in [1.165, 1.54) is 17.5 Å². The van der Waals surface area contributed by atoms with Gasteiger partial charge in [-0.15, -0.1) is 0 Å². The van der Waals surface area contributed by atoms with E-state index in [1.54, 1.807) is 6.33 Å². The van der Waals surface area contributed by atoms with E-state index in [4.69, 9.17) is 9.73 Å². The SMILES string of the molecule is Cc1ccccc1N1C=c2c(C)cccc2=NC1C(COCc1ccccc1)Nc1ncnc2[nH]cnc12. The molecule has 0 amide bonds. The van der Waals surface area contributed by atoms with E-state index in [0.29, 0.717) is 30.2 Å². The smallest absolute Gasteiger partial charge is 0.162 e. The number of hydrogen-bond acceptors (Lipinski definition) is 7. The molecule has 3 aromatic carbocycles. The van der Waals surface area contributed by atoms with Gasteiger partial charge in [0.1, 0.15) is 18.0 Å². The number of hydrogen-bond donors (Lipinski definition) is 2. The molecule has 0 spiro atoms. The molecular formula is C30H29N7O. The topological polar surface area (TPSA) is 91.3 Å². The molecule has 2 unspecified atom stereocenters. The number of imidazole rings is 1. The van der Waals surface area contributed by atoms with Crippen LogP contribution in [0.4, 0.5) is 11.5 Å². The van der Waals surface area contributed by atoms with Crippen molar-refractivity contribution in [1.29, 1.82) is 0 Å². The Balaban J connectivity index is 1.42. The molecule has 2 aromatic heterocycles. The summed E-state index contributed by atoms with van der Waals surface area (Å²) < 4.78 is 6.29. The molecule has 1 aliphatic heterocycles. The Morgan fingerprint density at radius 2 is 1.74 bits per heavy atom. The molecule has 5 aromatic rings. The third-order valence-corrected chi connectivity index (χ3v) is 6.83. The van der Waals surface area contributed by atoms with Crippen LogP contribution in [-0.2, 0) is 11.3 Å². The van der Waals surface area contributed by atoms with Crippen molar-refractivity contribution in [3.63, 3.8) is 0 Å². The monoisotopic (exact) mass is 503 g/mol. The Hall–Kier alpha value is -4.56. The minimum Gasteiger partial charge on any atom is -0.374 e. The molecule has 2 atom stereocenters. The highest BCUT2D eigenvalue weighted by atomic mass is 16.5. The average molecular weight is 504 g/mol. The van der Waals surface area contributed by atoms with Gasteiger partial charge in [-0.1, -0.05) is 60.7 Å². The number of fused-ring (bicyclic) bond motifs is 2. The number of nitrogens with one attached hydrogen (secondary N) is 2. The van der Waals surface area contributed by atoms with E-state index in [9.17, 15) is 0 Å². The molecule has 0 saturated heterocycles. The molecule has 2 N–H and O–H groups in total. The van der Waals surface area contributed by atoms with Gasteiger partial charge in [-0.25, -0.2) is 15.0 Å². The van der Waals surface area contributed by atoms with Crippen molar-refractivity contribution in [2.75, 3.05) is 16.8 Å². The van der Waals surface area contributed by atoms with Crippen molar-refractivity contribution in [3.05, 3.63) is 113 Å². The van der Waals surface area contributed by atoms with Gasteiger partial charge in [-0.2, -0.15) is 0 Å². The molecule has 6 rings (SSSR count). The predicted molar refractivity (Wildman–Crippen MR) is 149 cm³/mol. The number of ether oxygens (including phenoxy) is 1. The van der Waals surface area contributed by atoms with Gasteiger partial charge in [0.15, 0.2) is 11.5 Å². The summed E-state index contributed by atoms with van der Waals surface area (Å²) in [5.41, 5.74) is 5.92. The number of aromatic nitrogens is 4. The normalized spacial score (nSPS) is 15.4. The summed E-state index contributed by atoms with van der Waals surface area (Å²) in [5, 5.41) is 5.69. The molecule has 0 radical (unpaired) electrons. The Labute approximate surface area is 220 Å². The van der Waals surface area contributed by atoms with Crippen LogP contribution in [0.1, 0.15) is 16.7 Å². The van der Waals surface area contributed by atoms with E-state index in [1.807, 2.05) is 18.2 Å². The molecule has 0 bridgehead atoms. The van der Waals surface area contributed by atoms with E-state index in [-0.39, 0.29) is 12.2 Å². The predicted octanol–water partition coefficient (Wildman–Crippen LogP) is 3.87. The quantitative estimate of drug-likeness (QED) is 0.334. The lowest BCUT2D eigenvalue weighted by molar-refractivity contribution is 0.106. The van der Waals surface area contributed by atoms with E-state index < -0.39 is 0 Å². The summed E-state index contributed by atoms with van der Waals surface area (Å²) in [4.78, 5) is 23.9. The van der Waals surface area contributed by atoms with Gasteiger partial charge in [0.05, 0.1) is 30.9 Å². The van der Waals surface area contributed by atoms with Gasteiger partial charge in [-0.3, -0.25) is 4.99 Å². The second-order valence-electron chi connectivity index (χ2n) is 9.45. The number of H-pyrrole nitrogens is 1. The van der Waals surface area contributed by atoms with Gasteiger partial charge in [0.25, 0.3) is 0 Å². The maximum atomic E-state index is 6.29. The van der Waals surface area contributed by atoms with Crippen LogP contribution < -0.4 is 20.8 Å². The highest BCUT2D eigenvalue weighted by Gasteiger charge is 2.30. The van der Waals surface area contributed by atoms with E-state index in [0.717, 1.165) is 21.8 Å². The number of anilines is 2. The number of aryl methyl sites for hydroxylation is 2. The molecule has 38 heavy (non-hydrogen) atoms. The van der Waals surface area contributed by atoms with Crippen LogP contribution >= 0.6 is 0 Å². The zero-order valence-electron chi connectivity index (χ0n) is 21.4. The maximum Gasteiger partial charge on any atom is 0.162 e. The van der Waals surface area contributed by atoms with Crippen LogP contribution in [0.2, 0.25) is 0 Å². The maximum absolute atomic E-state index is 6.29. The standard InChI is InChI=1S/C30H29N7O/c1-20-10-8-13-24-23(20)15-37(26-14-7-6-9-21(26)2)30(36-24)25(17-38-16-22-11-4-3-5-12-22)35-29-27-28(32-18-31-27)33-19-34-29/h3-15,18-19,25,30H,16-17H2,1-2H3,(H2,31,32,33,34,35). The van der Waals surface area contributed by atoms with Crippen molar-refractivity contribution in [3.8, 4) is 0 Å². The van der Waals surface area contributed by atoms with Crippen LogP contribution in [-0.4, -0.2) is 38.8 Å². The highest BCUT2D eigenvalue weighted by molar-refractivity contribution is 5.82. The second-order valence-corrected chi connectivity index (χ2v) is 9.45. The number of rotatable bonds is 8. The number of aromatic amines is 1. The largest absolute Gasteiger partial charge is 0.374 e. The van der Waals surface area contributed by atoms with Crippen LogP contribution in [0.5, 0.6) is 0 Å². The minimum atomic E-state index is -0.301.